The number of ether oxygens (including phenoxy) is 2. The highest BCUT2D eigenvalue weighted by molar-refractivity contribution is 8.16. The zero-order valence-electron chi connectivity index (χ0n) is 19.2. The fourth-order valence-electron chi connectivity index (χ4n) is 5.71. The van der Waals surface area contributed by atoms with Crippen LogP contribution < -0.4 is 10.1 Å². The molecular formula is C25H29N3O4S. The smallest absolute Gasteiger partial charge is 0.338 e. The number of carbonyl (C=O) groups is 2. The molecule has 2 fully saturated rings. The molecule has 2 aliphatic heterocycles. The van der Waals surface area contributed by atoms with Gasteiger partial charge >= 0.3 is 5.97 Å². The van der Waals surface area contributed by atoms with Crippen LogP contribution in [-0.4, -0.2) is 42.2 Å². The predicted octanol–water partition coefficient (Wildman–Crippen LogP) is 4.14. The molecule has 2 saturated carbocycles. The highest BCUT2D eigenvalue weighted by atomic mass is 32.2. The average Bonchev–Trinajstić information content (AvgIpc) is 3.54. The summed E-state index contributed by atoms with van der Waals surface area (Å²) in [5.41, 5.74) is 2.80. The van der Waals surface area contributed by atoms with E-state index in [2.05, 4.69) is 10.3 Å². The Hall–Kier alpha value is -2.74. The molecule has 1 aromatic rings. The minimum absolute atomic E-state index is 0.0240. The molecule has 0 saturated heterocycles. The van der Waals surface area contributed by atoms with Crippen molar-refractivity contribution in [3.05, 3.63) is 52.2 Å². The Kier molecular flexibility index (Phi) is 5.95. The molecule has 7 nitrogen and oxygen atoms in total. The maximum atomic E-state index is 13.0. The van der Waals surface area contributed by atoms with Crippen LogP contribution in [0.2, 0.25) is 0 Å². The number of amides is 1. The maximum absolute atomic E-state index is 13.0. The van der Waals surface area contributed by atoms with E-state index < -0.39 is 12.0 Å². The molecule has 2 heterocycles. The molecule has 2 aliphatic carbocycles. The van der Waals surface area contributed by atoms with Gasteiger partial charge in [0.1, 0.15) is 5.75 Å². The topological polar surface area (TPSA) is 80.2 Å². The Labute approximate surface area is 198 Å². The summed E-state index contributed by atoms with van der Waals surface area (Å²) in [6.07, 6.45) is 5.12. The molecule has 8 heteroatoms. The first kappa shape index (κ1) is 22.1. The molecule has 33 heavy (non-hydrogen) atoms. The number of carbonyl (C=O) groups excluding carboxylic acids is 2. The Morgan fingerprint density at radius 1 is 1.24 bits per heavy atom. The third kappa shape index (κ3) is 4.05. The number of nitrogens with zero attached hydrogens (tertiary/aromatic N) is 2. The number of amidine groups is 1. The van der Waals surface area contributed by atoms with E-state index in [4.69, 9.17) is 9.47 Å². The van der Waals surface area contributed by atoms with Gasteiger partial charge in [0, 0.05) is 11.7 Å². The van der Waals surface area contributed by atoms with Crippen molar-refractivity contribution >= 4 is 28.8 Å². The Balaban J connectivity index is 1.43. The van der Waals surface area contributed by atoms with Crippen molar-refractivity contribution < 1.29 is 19.1 Å². The van der Waals surface area contributed by atoms with Crippen molar-refractivity contribution in [1.29, 1.82) is 0 Å². The molecule has 1 amide bonds. The summed E-state index contributed by atoms with van der Waals surface area (Å²) >= 11 is 1.48. The van der Waals surface area contributed by atoms with Crippen LogP contribution >= 0.6 is 11.8 Å². The number of nitrogens with one attached hydrogen (secondary N) is 1. The number of methoxy groups -OCH3 is 2. The monoisotopic (exact) mass is 467 g/mol. The standard InChI is InChI=1S/C25H29N3O4S/c1-14-22(24(30)32-3)23(17-5-4-6-19(11-17)31-2)28-18(13-33-25(28)26-14)12-21(29)27-20-10-15-7-8-16(20)9-15/h4-6,11,13,15-16,20,23H,7-10,12H2,1-3H3,(H,27,29)/t15-,16-,20-,23-/m0/s1. The van der Waals surface area contributed by atoms with Gasteiger partial charge in [-0.25, -0.2) is 9.79 Å². The van der Waals surface area contributed by atoms with Crippen LogP contribution in [0.1, 0.15) is 50.6 Å². The summed E-state index contributed by atoms with van der Waals surface area (Å²) in [6, 6.07) is 7.49. The fraction of sp³-hybridized carbons (Fsp3) is 0.480. The van der Waals surface area contributed by atoms with Gasteiger partial charge in [-0.2, -0.15) is 0 Å². The van der Waals surface area contributed by atoms with E-state index in [0.717, 1.165) is 28.8 Å². The van der Waals surface area contributed by atoms with E-state index in [0.29, 0.717) is 29.0 Å². The summed E-state index contributed by atoms with van der Waals surface area (Å²) in [5, 5.41) is 6.01. The highest BCUT2D eigenvalue weighted by Gasteiger charge is 2.43. The molecule has 0 unspecified atom stereocenters. The molecule has 1 aromatic carbocycles. The SMILES string of the molecule is COC(=O)C1=C(C)N=C2SC=C(CC(=O)N[C@H]3C[C@H]4CC[C@H]3C4)N2[C@H]1c1cccc(OC)c1. The van der Waals surface area contributed by atoms with Gasteiger partial charge in [-0.3, -0.25) is 4.79 Å². The minimum atomic E-state index is -0.448. The number of aliphatic imine (C=N–C) groups is 1. The van der Waals surface area contributed by atoms with Gasteiger partial charge in [0.15, 0.2) is 5.17 Å². The van der Waals surface area contributed by atoms with E-state index in [1.54, 1.807) is 7.11 Å². The van der Waals surface area contributed by atoms with E-state index in [1.807, 2.05) is 41.5 Å². The highest BCUT2D eigenvalue weighted by Crippen LogP contribution is 2.46. The second kappa shape index (κ2) is 8.89. The summed E-state index contributed by atoms with van der Waals surface area (Å²) < 4.78 is 10.6. The molecule has 1 N–H and O–H groups in total. The molecule has 4 atom stereocenters. The number of fused-ring (bicyclic) bond motifs is 3. The van der Waals surface area contributed by atoms with E-state index in [9.17, 15) is 9.59 Å². The number of rotatable bonds is 6. The lowest BCUT2D eigenvalue weighted by atomic mass is 9.93. The van der Waals surface area contributed by atoms with Gasteiger partial charge in [0.05, 0.1) is 38.0 Å². The van der Waals surface area contributed by atoms with Gasteiger partial charge < -0.3 is 19.7 Å². The molecule has 0 spiro atoms. The number of hydrogen-bond donors (Lipinski definition) is 1. The number of esters is 1. The van der Waals surface area contributed by atoms with Crippen LogP contribution in [0.5, 0.6) is 5.75 Å². The Morgan fingerprint density at radius 3 is 2.79 bits per heavy atom. The maximum Gasteiger partial charge on any atom is 0.338 e. The normalized spacial score (nSPS) is 27.8. The lowest BCUT2D eigenvalue weighted by molar-refractivity contribution is -0.136. The van der Waals surface area contributed by atoms with Crippen molar-refractivity contribution in [2.45, 2.75) is 51.1 Å². The van der Waals surface area contributed by atoms with Gasteiger partial charge in [-0.15, -0.1) is 0 Å². The number of allylic oxidation sites excluding steroid dienone is 1. The third-order valence-electron chi connectivity index (χ3n) is 7.24. The second-order valence-corrected chi connectivity index (χ2v) is 10.0. The zero-order valence-corrected chi connectivity index (χ0v) is 20.0. The second-order valence-electron chi connectivity index (χ2n) is 9.19. The first-order chi connectivity index (χ1) is 16.0. The van der Waals surface area contributed by atoms with Gasteiger partial charge in [0.2, 0.25) is 5.91 Å². The van der Waals surface area contributed by atoms with Crippen molar-refractivity contribution in [3.8, 4) is 5.75 Å². The largest absolute Gasteiger partial charge is 0.497 e. The van der Waals surface area contributed by atoms with E-state index in [1.165, 1.54) is 38.1 Å². The van der Waals surface area contributed by atoms with Crippen LogP contribution in [-0.2, 0) is 14.3 Å². The molecule has 4 aliphatic rings. The summed E-state index contributed by atoms with van der Waals surface area (Å²) in [4.78, 5) is 32.5. The van der Waals surface area contributed by atoms with Gasteiger partial charge in [-0.1, -0.05) is 30.3 Å². The Bertz CT molecular complexity index is 1080. The van der Waals surface area contributed by atoms with Crippen LogP contribution in [0.4, 0.5) is 0 Å². The van der Waals surface area contributed by atoms with Crippen LogP contribution in [0.15, 0.2) is 51.6 Å². The average molecular weight is 468 g/mol. The lowest BCUT2D eigenvalue weighted by Crippen LogP contribution is -2.41. The van der Waals surface area contributed by atoms with Crippen molar-refractivity contribution in [2.75, 3.05) is 14.2 Å². The molecular weight excluding hydrogens is 438 g/mol. The first-order valence-corrected chi connectivity index (χ1v) is 12.3. The quantitative estimate of drug-likeness (QED) is 0.634. The summed E-state index contributed by atoms with van der Waals surface area (Å²) in [7, 11) is 3.00. The summed E-state index contributed by atoms with van der Waals surface area (Å²) in [6.45, 7) is 1.82. The number of hydrogen-bond acceptors (Lipinski definition) is 7. The fourth-order valence-corrected chi connectivity index (χ4v) is 6.68. The van der Waals surface area contributed by atoms with E-state index >= 15 is 0 Å². The minimum Gasteiger partial charge on any atom is -0.497 e. The van der Waals surface area contributed by atoms with Crippen molar-refractivity contribution in [2.24, 2.45) is 16.8 Å². The lowest BCUT2D eigenvalue weighted by Gasteiger charge is -2.36. The zero-order chi connectivity index (χ0) is 23.1. The molecule has 2 bridgehead atoms. The predicted molar refractivity (Wildman–Crippen MR) is 127 cm³/mol. The van der Waals surface area contributed by atoms with Gasteiger partial charge in [0.25, 0.3) is 0 Å². The van der Waals surface area contributed by atoms with Crippen molar-refractivity contribution in [1.82, 2.24) is 10.2 Å². The number of thioether (sulfide) groups is 1. The van der Waals surface area contributed by atoms with Crippen LogP contribution in [0.3, 0.4) is 0 Å². The number of benzene rings is 1. The first-order valence-electron chi connectivity index (χ1n) is 11.4. The molecule has 5 rings (SSSR count). The summed E-state index contributed by atoms with van der Waals surface area (Å²) in [5.74, 6) is 1.70. The molecule has 0 radical (unpaired) electrons. The van der Waals surface area contributed by atoms with E-state index in [-0.39, 0.29) is 12.3 Å². The third-order valence-corrected chi connectivity index (χ3v) is 8.13. The van der Waals surface area contributed by atoms with Crippen LogP contribution in [0.25, 0.3) is 0 Å². The van der Waals surface area contributed by atoms with Gasteiger partial charge in [-0.05, 0) is 61.1 Å². The van der Waals surface area contributed by atoms with Crippen molar-refractivity contribution in [3.63, 3.8) is 0 Å². The molecule has 174 valence electrons. The van der Waals surface area contributed by atoms with Crippen LogP contribution in [0, 0.1) is 11.8 Å². The molecule has 0 aromatic heterocycles. The Morgan fingerprint density at radius 2 is 2.09 bits per heavy atom.